The molecule has 5 nitrogen and oxygen atoms in total. The topological polar surface area (TPSA) is 58.6 Å². The van der Waals surface area contributed by atoms with Crippen molar-refractivity contribution in [1.82, 2.24) is 5.32 Å². The molecule has 0 spiro atoms. The van der Waals surface area contributed by atoms with E-state index in [1.54, 1.807) is 11.0 Å². The van der Waals surface area contributed by atoms with E-state index in [1.807, 2.05) is 48.5 Å². The van der Waals surface area contributed by atoms with Gasteiger partial charge in [-0.1, -0.05) is 76.4 Å². The lowest BCUT2D eigenvalue weighted by molar-refractivity contribution is -0.124. The molecule has 0 bridgehead atoms. The molecule has 0 atom stereocenters. The Hall–Kier alpha value is -3.08. The number of hydrogen-bond donors (Lipinski definition) is 1. The van der Waals surface area contributed by atoms with Crippen molar-refractivity contribution in [3.8, 4) is 5.75 Å². The predicted octanol–water partition coefficient (Wildman–Crippen LogP) is 5.20. The second kappa shape index (κ2) is 9.19. The summed E-state index contributed by atoms with van der Waals surface area (Å²) in [4.78, 5) is 27.9. The summed E-state index contributed by atoms with van der Waals surface area (Å²) in [5.41, 5.74) is 2.51. The zero-order valence-electron chi connectivity index (χ0n) is 19.2. The molecule has 1 heterocycles. The van der Waals surface area contributed by atoms with Crippen LogP contribution in [0, 0.1) is 0 Å². The minimum absolute atomic E-state index is 0.0224. The molecule has 2 aromatic carbocycles. The zero-order valence-corrected chi connectivity index (χ0v) is 19.2. The number of nitrogens with zero attached hydrogens (tertiary/aromatic N) is 1. The van der Waals surface area contributed by atoms with Gasteiger partial charge in [0, 0.05) is 6.04 Å². The fraction of sp³-hybridized carbons (Fsp3) is 0.407. The first-order valence-corrected chi connectivity index (χ1v) is 11.5. The van der Waals surface area contributed by atoms with E-state index in [-0.39, 0.29) is 35.6 Å². The Morgan fingerprint density at radius 3 is 2.50 bits per heavy atom. The summed E-state index contributed by atoms with van der Waals surface area (Å²) >= 11 is 0. The van der Waals surface area contributed by atoms with Crippen molar-refractivity contribution in [2.24, 2.45) is 0 Å². The van der Waals surface area contributed by atoms with Gasteiger partial charge in [-0.2, -0.15) is 0 Å². The SMILES string of the molecule is CC(C)(C)c1ccc2c(c1)N(CC(=O)NC1CCCCC1)C(=O)/C(=C/c1ccccc1)O2. The second-order valence-electron chi connectivity index (χ2n) is 9.75. The van der Waals surface area contributed by atoms with E-state index in [9.17, 15) is 9.59 Å². The Kier molecular flexibility index (Phi) is 6.35. The fourth-order valence-corrected chi connectivity index (χ4v) is 4.30. The molecule has 0 saturated heterocycles. The van der Waals surface area contributed by atoms with Crippen molar-refractivity contribution in [2.75, 3.05) is 11.4 Å². The first-order chi connectivity index (χ1) is 15.3. The molecule has 1 aliphatic carbocycles. The number of hydrogen-bond acceptors (Lipinski definition) is 3. The molecule has 32 heavy (non-hydrogen) atoms. The van der Waals surface area contributed by atoms with Gasteiger partial charge in [-0.15, -0.1) is 0 Å². The monoisotopic (exact) mass is 432 g/mol. The van der Waals surface area contributed by atoms with E-state index >= 15 is 0 Å². The molecule has 2 aliphatic rings. The van der Waals surface area contributed by atoms with Crippen molar-refractivity contribution in [3.05, 3.63) is 65.4 Å². The van der Waals surface area contributed by atoms with Gasteiger partial charge in [-0.3, -0.25) is 14.5 Å². The van der Waals surface area contributed by atoms with Crippen molar-refractivity contribution >= 4 is 23.6 Å². The van der Waals surface area contributed by atoms with Crippen LogP contribution in [0.1, 0.15) is 64.0 Å². The lowest BCUT2D eigenvalue weighted by atomic mass is 9.86. The zero-order chi connectivity index (χ0) is 22.7. The standard InChI is InChI=1S/C27H32N2O3/c1-27(2,3)20-14-15-23-22(17-20)29(18-25(30)28-21-12-8-5-9-13-21)26(31)24(32-23)16-19-10-6-4-7-11-19/h4,6-7,10-11,14-17,21H,5,8-9,12-13,18H2,1-3H3,(H,28,30)/b24-16-. The highest BCUT2D eigenvalue weighted by atomic mass is 16.5. The minimum Gasteiger partial charge on any atom is -0.449 e. The number of amides is 2. The van der Waals surface area contributed by atoms with Gasteiger partial charge >= 0.3 is 0 Å². The Bertz CT molecular complexity index is 1010. The summed E-state index contributed by atoms with van der Waals surface area (Å²) in [6.07, 6.45) is 7.26. The molecule has 1 fully saturated rings. The summed E-state index contributed by atoms with van der Waals surface area (Å²) in [6.45, 7) is 6.36. The lowest BCUT2D eigenvalue weighted by Crippen LogP contribution is -2.47. The highest BCUT2D eigenvalue weighted by Gasteiger charge is 2.33. The van der Waals surface area contributed by atoms with Crippen LogP contribution in [0.2, 0.25) is 0 Å². The van der Waals surface area contributed by atoms with E-state index in [2.05, 4.69) is 26.1 Å². The second-order valence-corrected chi connectivity index (χ2v) is 9.75. The molecule has 0 unspecified atom stereocenters. The van der Waals surface area contributed by atoms with E-state index in [0.29, 0.717) is 11.4 Å². The van der Waals surface area contributed by atoms with Crippen LogP contribution in [0.5, 0.6) is 5.75 Å². The summed E-state index contributed by atoms with van der Waals surface area (Å²) < 4.78 is 6.02. The van der Waals surface area contributed by atoms with Crippen LogP contribution >= 0.6 is 0 Å². The quantitative estimate of drug-likeness (QED) is 0.676. The summed E-state index contributed by atoms with van der Waals surface area (Å²) in [5, 5.41) is 3.13. The van der Waals surface area contributed by atoms with E-state index < -0.39 is 0 Å². The number of fused-ring (bicyclic) bond motifs is 1. The molecule has 4 rings (SSSR count). The number of carbonyl (C=O) groups excluding carboxylic acids is 2. The number of ether oxygens (including phenoxy) is 1. The van der Waals surface area contributed by atoms with Crippen molar-refractivity contribution in [1.29, 1.82) is 0 Å². The lowest BCUT2D eigenvalue weighted by Gasteiger charge is -2.32. The van der Waals surface area contributed by atoms with Gasteiger partial charge in [0.1, 0.15) is 6.54 Å². The molecule has 2 amide bonds. The van der Waals surface area contributed by atoms with Crippen molar-refractivity contribution in [2.45, 2.75) is 64.3 Å². The van der Waals surface area contributed by atoms with Gasteiger partial charge in [0.2, 0.25) is 5.91 Å². The Morgan fingerprint density at radius 1 is 1.09 bits per heavy atom. The number of benzene rings is 2. The van der Waals surface area contributed by atoms with Gasteiger partial charge in [0.25, 0.3) is 5.91 Å². The van der Waals surface area contributed by atoms with Crippen LogP contribution in [-0.4, -0.2) is 24.4 Å². The molecule has 5 heteroatoms. The van der Waals surface area contributed by atoms with Crippen LogP contribution < -0.4 is 15.0 Å². The molecule has 168 valence electrons. The number of nitrogens with one attached hydrogen (secondary N) is 1. The maximum Gasteiger partial charge on any atom is 0.294 e. The van der Waals surface area contributed by atoms with Crippen molar-refractivity contribution in [3.63, 3.8) is 0 Å². The van der Waals surface area contributed by atoms with Crippen LogP contribution in [0.3, 0.4) is 0 Å². The molecule has 1 N–H and O–H groups in total. The third kappa shape index (κ3) is 5.04. The molecule has 1 aliphatic heterocycles. The Balaban J connectivity index is 1.65. The van der Waals surface area contributed by atoms with Crippen LogP contribution in [0.4, 0.5) is 5.69 Å². The summed E-state index contributed by atoms with van der Waals surface area (Å²) in [6, 6.07) is 15.7. The predicted molar refractivity (Wildman–Crippen MR) is 128 cm³/mol. The smallest absolute Gasteiger partial charge is 0.294 e. The molecule has 0 aromatic heterocycles. The average Bonchev–Trinajstić information content (AvgIpc) is 2.77. The molecular weight excluding hydrogens is 400 g/mol. The summed E-state index contributed by atoms with van der Waals surface area (Å²) in [5.74, 6) is 0.382. The third-order valence-corrected chi connectivity index (χ3v) is 6.16. The van der Waals surface area contributed by atoms with E-state index in [4.69, 9.17) is 4.74 Å². The maximum absolute atomic E-state index is 13.4. The number of anilines is 1. The van der Waals surface area contributed by atoms with E-state index in [0.717, 1.165) is 36.8 Å². The average molecular weight is 433 g/mol. The number of carbonyl (C=O) groups is 2. The molecular formula is C27H32N2O3. The van der Waals surface area contributed by atoms with Gasteiger partial charge in [0.15, 0.2) is 11.5 Å². The van der Waals surface area contributed by atoms with Gasteiger partial charge < -0.3 is 10.1 Å². The van der Waals surface area contributed by atoms with Crippen molar-refractivity contribution < 1.29 is 14.3 Å². The molecule has 2 aromatic rings. The fourth-order valence-electron chi connectivity index (χ4n) is 4.30. The van der Waals surface area contributed by atoms with Crippen LogP contribution in [0.15, 0.2) is 54.3 Å². The van der Waals surface area contributed by atoms with Crippen LogP contribution in [-0.2, 0) is 15.0 Å². The number of rotatable bonds is 4. The normalized spacial score (nSPS) is 18.3. The molecule has 1 saturated carbocycles. The Labute approximate surface area is 190 Å². The van der Waals surface area contributed by atoms with Gasteiger partial charge in [-0.25, -0.2) is 0 Å². The van der Waals surface area contributed by atoms with E-state index in [1.165, 1.54) is 6.42 Å². The first-order valence-electron chi connectivity index (χ1n) is 11.5. The van der Waals surface area contributed by atoms with Gasteiger partial charge in [-0.05, 0) is 47.6 Å². The largest absolute Gasteiger partial charge is 0.449 e. The minimum atomic E-state index is -0.300. The summed E-state index contributed by atoms with van der Waals surface area (Å²) in [7, 11) is 0. The third-order valence-electron chi connectivity index (χ3n) is 6.16. The van der Waals surface area contributed by atoms with Gasteiger partial charge in [0.05, 0.1) is 5.69 Å². The van der Waals surface area contributed by atoms with Crippen LogP contribution in [0.25, 0.3) is 6.08 Å². The highest BCUT2D eigenvalue weighted by Crippen LogP contribution is 2.39. The first kappa shape index (κ1) is 22.1. The highest BCUT2D eigenvalue weighted by molar-refractivity contribution is 6.12. The Morgan fingerprint density at radius 2 is 1.81 bits per heavy atom. The maximum atomic E-state index is 13.4. The molecule has 0 radical (unpaired) electrons.